The summed E-state index contributed by atoms with van der Waals surface area (Å²) in [7, 11) is 0. The molecule has 0 aromatic carbocycles. The van der Waals surface area contributed by atoms with Gasteiger partial charge in [0.2, 0.25) is 0 Å². The minimum Gasteiger partial charge on any atom is -0.483 e. The van der Waals surface area contributed by atoms with Gasteiger partial charge in [0, 0.05) is 0 Å². The van der Waals surface area contributed by atoms with Gasteiger partial charge in [0.15, 0.2) is 12.2 Å². The average molecular weight is 292 g/mol. The molecule has 0 unspecified atom stereocenters. The molecular formula is C9H16N4O7. The van der Waals surface area contributed by atoms with Crippen molar-refractivity contribution in [3.8, 4) is 0 Å². The number of aliphatic imine (C=N–C) groups is 1. The highest BCUT2D eigenvalue weighted by molar-refractivity contribution is 5.96. The largest absolute Gasteiger partial charge is 0.483 e. The number of urea groups is 1. The summed E-state index contributed by atoms with van der Waals surface area (Å²) in [6, 6.07) is -0.577. The van der Waals surface area contributed by atoms with E-state index in [2.05, 4.69) is 10.3 Å². The third-order valence-corrected chi connectivity index (χ3v) is 2.71. The number of hydrogen-bond acceptors (Lipinski definition) is 8. The van der Waals surface area contributed by atoms with Crippen LogP contribution >= 0.6 is 0 Å². The molecule has 2 heterocycles. The second-order valence-electron chi connectivity index (χ2n) is 3.92. The van der Waals surface area contributed by atoms with Gasteiger partial charge in [-0.3, -0.25) is 15.0 Å². The number of hydrogen-bond donors (Lipinski definition) is 6. The number of nitrogens with two attached hydrogens (primary N) is 1. The molecule has 2 aliphatic rings. The molecule has 1 saturated heterocycles. The normalized spacial score (nSPS) is 32.9. The minimum atomic E-state index is -1.30. The Morgan fingerprint density at radius 1 is 1.50 bits per heavy atom. The van der Waals surface area contributed by atoms with Crippen LogP contribution in [-0.4, -0.2) is 81.6 Å². The Bertz CT molecular complexity index is 390. The van der Waals surface area contributed by atoms with Crippen molar-refractivity contribution in [1.82, 2.24) is 10.2 Å². The fourth-order valence-corrected chi connectivity index (χ4v) is 1.77. The molecule has 11 heteroatoms. The molecule has 11 nitrogen and oxygen atoms in total. The van der Waals surface area contributed by atoms with E-state index >= 15 is 0 Å². The standard InChI is InChI=1S/C8H14N4O5.CH2O2/c9-7-10-2-12(8(16)11-7)6-5(15)4(14)3(1-13)17-6;2-1-3/h3-6,13-15H,1-2H2,(H3,9,10,11,16);1H,(H,2,3)/t3-,4-,5-,6-;/m1./s1. The summed E-state index contributed by atoms with van der Waals surface area (Å²) >= 11 is 0. The Labute approximate surface area is 113 Å². The number of guanidine groups is 1. The number of carbonyl (C=O) groups is 2. The lowest BCUT2D eigenvalue weighted by Gasteiger charge is -2.31. The molecular weight excluding hydrogens is 276 g/mol. The number of aliphatic hydroxyl groups excluding tert-OH is 3. The fraction of sp³-hybridized carbons (Fsp3) is 0.667. The topological polar surface area (TPSA) is 178 Å². The second kappa shape index (κ2) is 7.00. The predicted molar refractivity (Wildman–Crippen MR) is 63.3 cm³/mol. The SMILES string of the molecule is NC1=NCN([C@@H]2O[C@H](CO)[C@@H](O)[C@H]2O)C(=O)N1.O=CO. The first-order valence-corrected chi connectivity index (χ1v) is 5.54. The van der Waals surface area contributed by atoms with E-state index in [4.69, 9.17) is 25.5 Å². The Hall–Kier alpha value is -1.95. The molecule has 2 aliphatic heterocycles. The number of carbonyl (C=O) groups excluding carboxylic acids is 1. The molecule has 1 fully saturated rings. The highest BCUT2D eigenvalue weighted by Crippen LogP contribution is 2.24. The summed E-state index contributed by atoms with van der Waals surface area (Å²) in [5.74, 6) is -0.0157. The number of amides is 2. The Morgan fingerprint density at radius 3 is 2.55 bits per heavy atom. The van der Waals surface area contributed by atoms with Crippen LogP contribution in [0.3, 0.4) is 0 Å². The zero-order valence-electron chi connectivity index (χ0n) is 10.3. The number of rotatable bonds is 2. The van der Waals surface area contributed by atoms with Crippen LogP contribution in [-0.2, 0) is 9.53 Å². The van der Waals surface area contributed by atoms with E-state index in [0.717, 1.165) is 4.90 Å². The van der Waals surface area contributed by atoms with Crippen molar-refractivity contribution in [2.75, 3.05) is 13.3 Å². The van der Waals surface area contributed by atoms with E-state index in [1.807, 2.05) is 0 Å². The smallest absolute Gasteiger partial charge is 0.327 e. The van der Waals surface area contributed by atoms with E-state index in [0.29, 0.717) is 0 Å². The monoisotopic (exact) mass is 292 g/mol. The van der Waals surface area contributed by atoms with Crippen LogP contribution in [0.2, 0.25) is 0 Å². The Kier molecular flexibility index (Phi) is 5.64. The molecule has 0 saturated carbocycles. The minimum absolute atomic E-state index is 0.0157. The van der Waals surface area contributed by atoms with E-state index in [-0.39, 0.29) is 19.1 Å². The molecule has 0 aliphatic carbocycles. The van der Waals surface area contributed by atoms with Gasteiger partial charge < -0.3 is 30.9 Å². The second-order valence-corrected chi connectivity index (χ2v) is 3.92. The molecule has 2 amide bonds. The summed E-state index contributed by atoms with van der Waals surface area (Å²) in [4.78, 5) is 24.8. The van der Waals surface area contributed by atoms with Crippen molar-refractivity contribution >= 4 is 18.5 Å². The van der Waals surface area contributed by atoms with Crippen LogP contribution in [0.15, 0.2) is 4.99 Å². The van der Waals surface area contributed by atoms with Gasteiger partial charge in [0.1, 0.15) is 25.0 Å². The van der Waals surface area contributed by atoms with Gasteiger partial charge in [-0.05, 0) is 0 Å². The van der Waals surface area contributed by atoms with Crippen molar-refractivity contribution in [1.29, 1.82) is 0 Å². The molecule has 0 aromatic rings. The van der Waals surface area contributed by atoms with Gasteiger partial charge in [-0.25, -0.2) is 9.79 Å². The lowest BCUT2D eigenvalue weighted by Crippen LogP contribution is -2.56. The van der Waals surface area contributed by atoms with Crippen LogP contribution in [0.4, 0.5) is 4.79 Å². The third-order valence-electron chi connectivity index (χ3n) is 2.71. The first-order valence-electron chi connectivity index (χ1n) is 5.54. The van der Waals surface area contributed by atoms with Crippen molar-refractivity contribution < 1.29 is 34.8 Å². The summed E-state index contributed by atoms with van der Waals surface area (Å²) < 4.78 is 5.19. The number of carboxylic acid groups (broad SMARTS) is 1. The molecule has 0 bridgehead atoms. The quantitative estimate of drug-likeness (QED) is 0.283. The van der Waals surface area contributed by atoms with E-state index in [1.165, 1.54) is 0 Å². The molecule has 20 heavy (non-hydrogen) atoms. The van der Waals surface area contributed by atoms with E-state index < -0.39 is 37.2 Å². The van der Waals surface area contributed by atoms with Crippen LogP contribution in [0.5, 0.6) is 0 Å². The maximum atomic E-state index is 11.6. The van der Waals surface area contributed by atoms with Gasteiger partial charge in [-0.1, -0.05) is 0 Å². The van der Waals surface area contributed by atoms with Crippen molar-refractivity contribution in [3.05, 3.63) is 0 Å². The maximum absolute atomic E-state index is 11.6. The lowest BCUT2D eigenvalue weighted by molar-refractivity contribution is -0.122. The fourth-order valence-electron chi connectivity index (χ4n) is 1.77. The van der Waals surface area contributed by atoms with Gasteiger partial charge in [0.05, 0.1) is 6.61 Å². The summed E-state index contributed by atoms with van der Waals surface area (Å²) in [5.41, 5.74) is 5.30. The van der Waals surface area contributed by atoms with E-state index in [1.54, 1.807) is 0 Å². The van der Waals surface area contributed by atoms with Gasteiger partial charge in [-0.2, -0.15) is 0 Å². The number of nitrogens with one attached hydrogen (secondary N) is 1. The molecule has 114 valence electrons. The zero-order chi connectivity index (χ0) is 15.3. The average Bonchev–Trinajstić information content (AvgIpc) is 2.67. The molecule has 4 atom stereocenters. The number of nitrogens with zero attached hydrogens (tertiary/aromatic N) is 2. The van der Waals surface area contributed by atoms with Crippen molar-refractivity contribution in [2.45, 2.75) is 24.5 Å². The molecule has 7 N–H and O–H groups in total. The number of ether oxygens (including phenoxy) is 1. The lowest BCUT2D eigenvalue weighted by atomic mass is 10.1. The number of aliphatic hydroxyl groups is 3. The third kappa shape index (κ3) is 3.33. The molecule has 2 rings (SSSR count). The maximum Gasteiger partial charge on any atom is 0.327 e. The summed E-state index contributed by atoms with van der Waals surface area (Å²) in [6.07, 6.45) is -4.53. The van der Waals surface area contributed by atoms with Crippen LogP contribution in [0.25, 0.3) is 0 Å². The van der Waals surface area contributed by atoms with Crippen molar-refractivity contribution in [2.24, 2.45) is 10.7 Å². The predicted octanol–water partition coefficient (Wildman–Crippen LogP) is -3.58. The van der Waals surface area contributed by atoms with Crippen LogP contribution < -0.4 is 11.1 Å². The summed E-state index contributed by atoms with van der Waals surface area (Å²) in [5, 5.41) is 37.3. The zero-order valence-corrected chi connectivity index (χ0v) is 10.3. The van der Waals surface area contributed by atoms with Crippen LogP contribution in [0.1, 0.15) is 0 Å². The van der Waals surface area contributed by atoms with Gasteiger partial charge in [-0.15, -0.1) is 0 Å². The summed E-state index contributed by atoms with van der Waals surface area (Å²) in [6.45, 7) is -0.778. The molecule has 0 aromatic heterocycles. The first kappa shape index (κ1) is 16.1. The molecule has 0 radical (unpaired) electrons. The first-order chi connectivity index (χ1) is 9.46. The highest BCUT2D eigenvalue weighted by Gasteiger charge is 2.47. The van der Waals surface area contributed by atoms with Crippen molar-refractivity contribution in [3.63, 3.8) is 0 Å². The highest BCUT2D eigenvalue weighted by atomic mass is 16.6. The van der Waals surface area contributed by atoms with Crippen LogP contribution in [0, 0.1) is 0 Å². The van der Waals surface area contributed by atoms with Gasteiger partial charge >= 0.3 is 6.03 Å². The molecule has 0 spiro atoms. The Morgan fingerprint density at radius 2 is 2.10 bits per heavy atom. The van der Waals surface area contributed by atoms with E-state index in [9.17, 15) is 15.0 Å². The van der Waals surface area contributed by atoms with Gasteiger partial charge in [0.25, 0.3) is 6.47 Å². The Balaban J connectivity index is 0.000000612.